The predicted octanol–water partition coefficient (Wildman–Crippen LogP) is 0.783. The molecule has 0 aliphatic carbocycles. The van der Waals surface area contributed by atoms with Crippen molar-refractivity contribution in [2.24, 2.45) is 5.92 Å². The Balaban J connectivity index is 1.94. The zero-order valence-corrected chi connectivity index (χ0v) is 9.54. The molecule has 0 bridgehead atoms. The Hall–Kier alpha value is -0.610. The number of rotatable bonds is 6. The number of likely N-dealkylation sites (tertiary alicyclic amines) is 1. The second-order valence-corrected chi connectivity index (χ2v) is 4.45. The molecule has 0 atom stereocenters. The van der Waals surface area contributed by atoms with Crippen molar-refractivity contribution in [2.45, 2.75) is 25.7 Å². The molecule has 0 saturated carbocycles. The van der Waals surface area contributed by atoms with Crippen LogP contribution >= 0.6 is 0 Å². The molecule has 0 amide bonds. The van der Waals surface area contributed by atoms with E-state index in [2.05, 4.69) is 17.3 Å². The number of carbonyl (C=O) groups is 1. The molecule has 4 nitrogen and oxygen atoms in total. The molecule has 2 N–H and O–H groups in total. The maximum Gasteiger partial charge on any atom is 0.303 e. The zero-order chi connectivity index (χ0) is 11.1. The summed E-state index contributed by atoms with van der Waals surface area (Å²) in [5.74, 6) is 0.0853. The van der Waals surface area contributed by atoms with Gasteiger partial charge in [0.05, 0.1) is 0 Å². The van der Waals surface area contributed by atoms with Crippen LogP contribution in [0.15, 0.2) is 0 Å². The highest BCUT2D eigenvalue weighted by Gasteiger charge is 2.15. The first-order chi connectivity index (χ1) is 7.18. The van der Waals surface area contributed by atoms with Crippen LogP contribution in [-0.2, 0) is 4.79 Å². The predicted molar refractivity (Wildman–Crippen MR) is 60.0 cm³/mol. The number of hydrogen-bond donors (Lipinski definition) is 2. The minimum absolute atomic E-state index is 0.278. The number of hydrogen-bond acceptors (Lipinski definition) is 3. The quantitative estimate of drug-likeness (QED) is 0.642. The Morgan fingerprint density at radius 3 is 2.73 bits per heavy atom. The van der Waals surface area contributed by atoms with Crippen LogP contribution in [0.1, 0.15) is 25.7 Å². The molecule has 1 aliphatic heterocycles. The molecule has 1 rings (SSSR count). The first-order valence-electron chi connectivity index (χ1n) is 5.79. The normalized spacial score (nSPS) is 19.3. The van der Waals surface area contributed by atoms with Gasteiger partial charge in [0.2, 0.25) is 0 Å². The molecule has 1 saturated heterocycles. The smallest absolute Gasteiger partial charge is 0.303 e. The highest BCUT2D eigenvalue weighted by atomic mass is 16.4. The third-order valence-corrected chi connectivity index (χ3v) is 3.02. The lowest BCUT2D eigenvalue weighted by Gasteiger charge is -2.29. The van der Waals surface area contributed by atoms with Crippen LogP contribution in [-0.4, -0.2) is 49.2 Å². The lowest BCUT2D eigenvalue weighted by Crippen LogP contribution is -2.35. The van der Waals surface area contributed by atoms with E-state index in [4.69, 9.17) is 5.11 Å². The Labute approximate surface area is 91.6 Å². The van der Waals surface area contributed by atoms with Gasteiger partial charge in [-0.1, -0.05) is 0 Å². The van der Waals surface area contributed by atoms with Gasteiger partial charge in [0.25, 0.3) is 0 Å². The zero-order valence-electron chi connectivity index (χ0n) is 9.54. The number of carboxylic acids is 1. The van der Waals surface area contributed by atoms with Gasteiger partial charge in [-0.15, -0.1) is 0 Å². The fourth-order valence-electron chi connectivity index (χ4n) is 1.94. The molecule has 0 aromatic heterocycles. The van der Waals surface area contributed by atoms with Crippen LogP contribution in [0.5, 0.6) is 0 Å². The Kier molecular flexibility index (Phi) is 5.65. The van der Waals surface area contributed by atoms with Gasteiger partial charge >= 0.3 is 5.97 Å². The molecule has 1 aliphatic rings. The number of nitrogens with one attached hydrogen (secondary N) is 1. The Morgan fingerprint density at radius 2 is 2.13 bits per heavy atom. The fourth-order valence-corrected chi connectivity index (χ4v) is 1.94. The summed E-state index contributed by atoms with van der Waals surface area (Å²) in [6, 6.07) is 0. The second kappa shape index (κ2) is 6.80. The monoisotopic (exact) mass is 214 g/mol. The summed E-state index contributed by atoms with van der Waals surface area (Å²) < 4.78 is 0. The van der Waals surface area contributed by atoms with Crippen LogP contribution in [0.25, 0.3) is 0 Å². The summed E-state index contributed by atoms with van der Waals surface area (Å²) in [7, 11) is 2.16. The van der Waals surface area contributed by atoms with E-state index in [1.54, 1.807) is 0 Å². The van der Waals surface area contributed by atoms with Gasteiger partial charge in [-0.3, -0.25) is 4.79 Å². The SMILES string of the molecule is CN1CCC(CNCCCC(=O)O)CC1. The van der Waals surface area contributed by atoms with Crippen molar-refractivity contribution >= 4 is 5.97 Å². The molecule has 1 fully saturated rings. The second-order valence-electron chi connectivity index (χ2n) is 4.45. The molecule has 0 aromatic carbocycles. The topological polar surface area (TPSA) is 52.6 Å². The van der Waals surface area contributed by atoms with Gasteiger partial charge in [0.1, 0.15) is 0 Å². The highest BCUT2D eigenvalue weighted by molar-refractivity contribution is 5.66. The number of piperidine rings is 1. The third kappa shape index (κ3) is 5.74. The highest BCUT2D eigenvalue weighted by Crippen LogP contribution is 2.14. The Bertz CT molecular complexity index is 189. The average molecular weight is 214 g/mol. The van der Waals surface area contributed by atoms with E-state index in [0.29, 0.717) is 0 Å². The van der Waals surface area contributed by atoms with E-state index in [1.165, 1.54) is 25.9 Å². The van der Waals surface area contributed by atoms with Gasteiger partial charge in [0, 0.05) is 6.42 Å². The van der Waals surface area contributed by atoms with E-state index in [1.807, 2.05) is 0 Å². The Morgan fingerprint density at radius 1 is 1.47 bits per heavy atom. The van der Waals surface area contributed by atoms with Crippen LogP contribution in [0, 0.1) is 5.92 Å². The van der Waals surface area contributed by atoms with Crippen LogP contribution in [0.2, 0.25) is 0 Å². The molecule has 0 unspecified atom stereocenters. The fraction of sp³-hybridized carbons (Fsp3) is 0.909. The first-order valence-corrected chi connectivity index (χ1v) is 5.79. The molecular weight excluding hydrogens is 192 g/mol. The van der Waals surface area contributed by atoms with Crippen molar-refractivity contribution in [3.63, 3.8) is 0 Å². The maximum atomic E-state index is 10.3. The minimum Gasteiger partial charge on any atom is -0.481 e. The standard InChI is InChI=1S/C11H22N2O2/c1-13-7-4-10(5-8-13)9-12-6-2-3-11(14)15/h10,12H,2-9H2,1H3,(H,14,15). The van der Waals surface area contributed by atoms with Gasteiger partial charge in [-0.2, -0.15) is 0 Å². The summed E-state index contributed by atoms with van der Waals surface area (Å²) in [5.41, 5.74) is 0. The maximum absolute atomic E-state index is 10.3. The van der Waals surface area contributed by atoms with Crippen molar-refractivity contribution in [3.05, 3.63) is 0 Å². The van der Waals surface area contributed by atoms with Crippen LogP contribution in [0.4, 0.5) is 0 Å². The summed E-state index contributed by atoms with van der Waals surface area (Å²) >= 11 is 0. The summed E-state index contributed by atoms with van der Waals surface area (Å²) in [5, 5.41) is 11.8. The average Bonchev–Trinajstić information content (AvgIpc) is 2.20. The van der Waals surface area contributed by atoms with Crippen molar-refractivity contribution in [1.29, 1.82) is 0 Å². The molecule has 15 heavy (non-hydrogen) atoms. The molecule has 0 radical (unpaired) electrons. The van der Waals surface area contributed by atoms with E-state index in [0.717, 1.165) is 25.4 Å². The van der Waals surface area contributed by atoms with E-state index < -0.39 is 5.97 Å². The third-order valence-electron chi connectivity index (χ3n) is 3.02. The number of carboxylic acid groups (broad SMARTS) is 1. The van der Waals surface area contributed by atoms with E-state index >= 15 is 0 Å². The van der Waals surface area contributed by atoms with Gasteiger partial charge in [0.15, 0.2) is 0 Å². The van der Waals surface area contributed by atoms with Gasteiger partial charge < -0.3 is 15.3 Å². The molecule has 0 aromatic rings. The van der Waals surface area contributed by atoms with E-state index in [9.17, 15) is 4.79 Å². The lowest BCUT2D eigenvalue weighted by atomic mass is 9.97. The first kappa shape index (κ1) is 12.5. The molecule has 1 heterocycles. The van der Waals surface area contributed by atoms with Crippen LogP contribution < -0.4 is 5.32 Å². The summed E-state index contributed by atoms with van der Waals surface area (Å²) in [4.78, 5) is 12.6. The molecular formula is C11H22N2O2. The van der Waals surface area contributed by atoms with Gasteiger partial charge in [-0.05, 0) is 58.4 Å². The summed E-state index contributed by atoms with van der Waals surface area (Å²) in [6.45, 7) is 4.27. The van der Waals surface area contributed by atoms with Gasteiger partial charge in [-0.25, -0.2) is 0 Å². The minimum atomic E-state index is -0.698. The lowest BCUT2D eigenvalue weighted by molar-refractivity contribution is -0.137. The molecule has 0 spiro atoms. The largest absolute Gasteiger partial charge is 0.481 e. The van der Waals surface area contributed by atoms with Crippen molar-refractivity contribution in [2.75, 3.05) is 33.2 Å². The van der Waals surface area contributed by atoms with Crippen molar-refractivity contribution in [3.8, 4) is 0 Å². The summed E-state index contributed by atoms with van der Waals surface area (Å²) in [6.07, 6.45) is 3.55. The number of nitrogens with zero attached hydrogens (tertiary/aromatic N) is 1. The van der Waals surface area contributed by atoms with E-state index in [-0.39, 0.29) is 6.42 Å². The van der Waals surface area contributed by atoms with Crippen molar-refractivity contribution in [1.82, 2.24) is 10.2 Å². The molecule has 4 heteroatoms. The van der Waals surface area contributed by atoms with Crippen molar-refractivity contribution < 1.29 is 9.90 Å². The molecule has 88 valence electrons. The number of aliphatic carboxylic acids is 1. The van der Waals surface area contributed by atoms with Crippen LogP contribution in [0.3, 0.4) is 0 Å².